The van der Waals surface area contributed by atoms with E-state index in [0.29, 0.717) is 5.13 Å². The summed E-state index contributed by atoms with van der Waals surface area (Å²) < 4.78 is 0. The van der Waals surface area contributed by atoms with Crippen LogP contribution < -0.4 is 4.90 Å². The fourth-order valence-electron chi connectivity index (χ4n) is 2.56. The Balaban J connectivity index is 1.87. The standard InChI is InChI=1S/C21H28N5OPS/c1-6-16(20(28)14(2)3)13-19(27)26(5)21-25-24-18(29-21)10-8-7-9-17-12-11-15(4)22-23-17/h6,11-12H,1-2,7-10,13,28H2,3-5H3/b20-16-. The Morgan fingerprint density at radius 2 is 1.93 bits per heavy atom. The molecule has 2 rings (SSSR count). The van der Waals surface area contributed by atoms with Crippen molar-refractivity contribution in [3.8, 4) is 0 Å². The van der Waals surface area contributed by atoms with E-state index in [1.165, 1.54) is 11.3 Å². The van der Waals surface area contributed by atoms with Crippen molar-refractivity contribution < 1.29 is 4.79 Å². The molecule has 2 aromatic rings. The minimum Gasteiger partial charge on any atom is -0.290 e. The third-order valence-corrected chi connectivity index (χ3v) is 6.36. The van der Waals surface area contributed by atoms with Gasteiger partial charge >= 0.3 is 0 Å². The first kappa shape index (κ1) is 23.0. The second kappa shape index (κ2) is 11.1. The molecule has 0 aliphatic rings. The number of unbranched alkanes of at least 4 members (excludes halogenated alkanes) is 1. The number of hydrogen-bond acceptors (Lipinski definition) is 6. The summed E-state index contributed by atoms with van der Waals surface area (Å²) in [6, 6.07) is 4.00. The lowest BCUT2D eigenvalue weighted by atomic mass is 10.1. The zero-order chi connectivity index (χ0) is 21.4. The fraction of sp³-hybridized carbons (Fsp3) is 0.381. The lowest BCUT2D eigenvalue weighted by Gasteiger charge is -2.15. The molecule has 0 saturated heterocycles. The van der Waals surface area contributed by atoms with Gasteiger partial charge in [0.1, 0.15) is 5.01 Å². The highest BCUT2D eigenvalue weighted by Gasteiger charge is 2.17. The van der Waals surface area contributed by atoms with Gasteiger partial charge in [0.15, 0.2) is 0 Å². The second-order valence-corrected chi connectivity index (χ2v) is 8.52. The van der Waals surface area contributed by atoms with Crippen LogP contribution in [0.25, 0.3) is 0 Å². The van der Waals surface area contributed by atoms with Gasteiger partial charge < -0.3 is 0 Å². The maximum atomic E-state index is 12.6. The van der Waals surface area contributed by atoms with Crippen LogP contribution in [0.1, 0.15) is 42.6 Å². The van der Waals surface area contributed by atoms with Crippen LogP contribution in [0, 0.1) is 6.92 Å². The summed E-state index contributed by atoms with van der Waals surface area (Å²) in [4.78, 5) is 14.2. The van der Waals surface area contributed by atoms with Gasteiger partial charge in [0, 0.05) is 13.5 Å². The molecule has 1 amide bonds. The van der Waals surface area contributed by atoms with Gasteiger partial charge in [0.25, 0.3) is 0 Å². The van der Waals surface area contributed by atoms with Crippen LogP contribution in [0.3, 0.4) is 0 Å². The molecule has 0 bridgehead atoms. The SMILES string of the molecule is C=C/C(CC(=O)N(C)c1nnc(CCCCc2ccc(C)nn2)s1)=C(/P)C(=C)C. The van der Waals surface area contributed by atoms with Gasteiger partial charge in [-0.3, -0.25) is 9.69 Å². The highest BCUT2D eigenvalue weighted by molar-refractivity contribution is 7.23. The molecule has 0 aromatic carbocycles. The predicted octanol–water partition coefficient (Wildman–Crippen LogP) is 4.45. The van der Waals surface area contributed by atoms with Crippen LogP contribution in [0.5, 0.6) is 0 Å². The van der Waals surface area contributed by atoms with Crippen LogP contribution >= 0.6 is 20.6 Å². The molecule has 0 radical (unpaired) electrons. The summed E-state index contributed by atoms with van der Waals surface area (Å²) in [6.45, 7) is 11.6. The van der Waals surface area contributed by atoms with Gasteiger partial charge in [-0.2, -0.15) is 10.2 Å². The number of allylic oxidation sites excluding steroid dienone is 3. The molecule has 1 atom stereocenters. The normalized spacial score (nSPS) is 11.7. The first-order chi connectivity index (χ1) is 13.8. The third kappa shape index (κ3) is 6.94. The van der Waals surface area contributed by atoms with E-state index >= 15 is 0 Å². The number of amides is 1. The molecule has 0 saturated carbocycles. The number of carbonyl (C=O) groups is 1. The predicted molar refractivity (Wildman–Crippen MR) is 123 cm³/mol. The smallest absolute Gasteiger partial charge is 0.232 e. The Morgan fingerprint density at radius 3 is 2.55 bits per heavy atom. The lowest BCUT2D eigenvalue weighted by Crippen LogP contribution is -2.26. The molecule has 29 heavy (non-hydrogen) atoms. The van der Waals surface area contributed by atoms with Crippen molar-refractivity contribution in [2.75, 3.05) is 11.9 Å². The van der Waals surface area contributed by atoms with Gasteiger partial charge in [-0.15, -0.1) is 19.4 Å². The Kier molecular flexibility index (Phi) is 8.80. The zero-order valence-corrected chi connectivity index (χ0v) is 19.3. The van der Waals surface area contributed by atoms with Crippen LogP contribution in [0.4, 0.5) is 5.13 Å². The number of aromatic nitrogens is 4. The topological polar surface area (TPSA) is 71.9 Å². The minimum atomic E-state index is -0.0539. The van der Waals surface area contributed by atoms with Crippen LogP contribution in [0.15, 0.2) is 47.8 Å². The molecule has 6 nitrogen and oxygen atoms in total. The molecule has 0 aliphatic carbocycles. The maximum absolute atomic E-state index is 12.6. The zero-order valence-electron chi connectivity index (χ0n) is 17.3. The highest BCUT2D eigenvalue weighted by atomic mass is 32.1. The summed E-state index contributed by atoms with van der Waals surface area (Å²) in [6.07, 6.45) is 5.67. The Labute approximate surface area is 179 Å². The average molecular weight is 430 g/mol. The number of rotatable bonds is 10. The van der Waals surface area contributed by atoms with E-state index < -0.39 is 0 Å². The number of carbonyl (C=O) groups excluding carboxylic acids is 1. The molecule has 1 unspecified atom stereocenters. The lowest BCUT2D eigenvalue weighted by molar-refractivity contribution is -0.117. The quantitative estimate of drug-likeness (QED) is 0.317. The van der Waals surface area contributed by atoms with E-state index in [1.54, 1.807) is 18.0 Å². The first-order valence-corrected chi connectivity index (χ1v) is 10.9. The van der Waals surface area contributed by atoms with E-state index in [4.69, 9.17) is 0 Å². The van der Waals surface area contributed by atoms with E-state index in [-0.39, 0.29) is 12.3 Å². The maximum Gasteiger partial charge on any atom is 0.232 e. The van der Waals surface area contributed by atoms with Crippen molar-refractivity contribution in [1.82, 2.24) is 20.4 Å². The molecule has 8 heteroatoms. The van der Waals surface area contributed by atoms with Crippen molar-refractivity contribution in [3.05, 3.63) is 64.2 Å². The summed E-state index contributed by atoms with van der Waals surface area (Å²) in [5.41, 5.74) is 3.68. The Hall–Kier alpha value is -2.24. The van der Waals surface area contributed by atoms with Crippen molar-refractivity contribution in [2.45, 2.75) is 46.0 Å². The minimum absolute atomic E-state index is 0.0539. The van der Waals surface area contributed by atoms with E-state index in [9.17, 15) is 4.79 Å². The van der Waals surface area contributed by atoms with Gasteiger partial charge in [0.2, 0.25) is 11.0 Å². The first-order valence-electron chi connectivity index (χ1n) is 9.47. The van der Waals surface area contributed by atoms with E-state index in [2.05, 4.69) is 42.8 Å². The molecular formula is C21H28N5OPS. The summed E-state index contributed by atoms with van der Waals surface area (Å²) >= 11 is 1.46. The Bertz CT molecular complexity index is 904. The molecule has 154 valence electrons. The molecule has 0 N–H and O–H groups in total. The van der Waals surface area contributed by atoms with Crippen molar-refractivity contribution in [2.24, 2.45) is 0 Å². The largest absolute Gasteiger partial charge is 0.290 e. The summed E-state index contributed by atoms with van der Waals surface area (Å²) in [7, 11) is 4.36. The number of hydrogen-bond donors (Lipinski definition) is 0. The van der Waals surface area contributed by atoms with Crippen molar-refractivity contribution in [1.29, 1.82) is 0 Å². The van der Waals surface area contributed by atoms with Gasteiger partial charge in [0.05, 0.1) is 17.8 Å². The average Bonchev–Trinajstić information content (AvgIpc) is 3.18. The van der Waals surface area contributed by atoms with Crippen LogP contribution in [0.2, 0.25) is 0 Å². The molecule has 0 aliphatic heterocycles. The molecule has 0 fully saturated rings. The van der Waals surface area contributed by atoms with Gasteiger partial charge in [-0.05, 0) is 56.1 Å². The third-order valence-electron chi connectivity index (χ3n) is 4.44. The van der Waals surface area contributed by atoms with Gasteiger partial charge in [-0.25, -0.2) is 0 Å². The van der Waals surface area contributed by atoms with E-state index in [1.807, 2.05) is 26.0 Å². The molecule has 0 spiro atoms. The van der Waals surface area contributed by atoms with Gasteiger partial charge in [-0.1, -0.05) is 36.1 Å². The fourth-order valence-corrected chi connectivity index (χ4v) is 3.64. The second-order valence-electron chi connectivity index (χ2n) is 6.90. The van der Waals surface area contributed by atoms with Crippen LogP contribution in [-0.4, -0.2) is 33.3 Å². The summed E-state index contributed by atoms with van der Waals surface area (Å²) in [5, 5.41) is 19.1. The number of anilines is 1. The number of nitrogens with zero attached hydrogens (tertiary/aromatic N) is 5. The van der Waals surface area contributed by atoms with Crippen molar-refractivity contribution >= 4 is 31.6 Å². The molecule has 2 aromatic heterocycles. The van der Waals surface area contributed by atoms with Crippen LogP contribution in [-0.2, 0) is 17.6 Å². The monoisotopic (exact) mass is 429 g/mol. The molecule has 2 heterocycles. The molecular weight excluding hydrogens is 401 g/mol. The summed E-state index contributed by atoms with van der Waals surface area (Å²) in [5.74, 6) is -0.0539. The number of aryl methyl sites for hydroxylation is 3. The van der Waals surface area contributed by atoms with E-state index in [0.717, 1.165) is 58.5 Å². The Morgan fingerprint density at radius 1 is 1.21 bits per heavy atom. The highest BCUT2D eigenvalue weighted by Crippen LogP contribution is 2.26. The van der Waals surface area contributed by atoms with Crippen molar-refractivity contribution in [3.63, 3.8) is 0 Å².